The molecule has 0 spiro atoms. The average molecular weight is 529 g/mol. The van der Waals surface area contributed by atoms with E-state index in [9.17, 15) is 15.0 Å². The zero-order valence-electron chi connectivity index (χ0n) is 19.5. The largest absolute Gasteiger partial charge is 0.478 e. The Morgan fingerprint density at radius 1 is 1.11 bits per heavy atom. The summed E-state index contributed by atoms with van der Waals surface area (Å²) in [5.41, 5.74) is 1.60. The zero-order chi connectivity index (χ0) is 25.0. The van der Waals surface area contributed by atoms with Gasteiger partial charge in [0.15, 0.2) is 0 Å². The van der Waals surface area contributed by atoms with Crippen LogP contribution in [0.15, 0.2) is 41.1 Å². The van der Waals surface area contributed by atoms with E-state index in [0.29, 0.717) is 52.4 Å². The van der Waals surface area contributed by atoms with Crippen LogP contribution in [-0.4, -0.2) is 32.4 Å². The number of aromatic carboxylic acids is 1. The summed E-state index contributed by atoms with van der Waals surface area (Å²) in [5, 5.41) is 26.5. The Labute approximate surface area is 218 Å². The fraction of sp³-hybridized carbons (Fsp3) is 0.444. The first-order chi connectivity index (χ1) is 17.4. The number of benzene rings is 1. The molecule has 3 aliphatic carbocycles. The molecule has 0 saturated heterocycles. The van der Waals surface area contributed by atoms with Gasteiger partial charge in [0.25, 0.3) is 0 Å². The fourth-order valence-electron chi connectivity index (χ4n) is 6.09. The van der Waals surface area contributed by atoms with Crippen LogP contribution in [0.2, 0.25) is 10.0 Å². The van der Waals surface area contributed by atoms with E-state index in [0.717, 1.165) is 37.0 Å². The van der Waals surface area contributed by atoms with Crippen molar-refractivity contribution in [3.63, 3.8) is 0 Å². The third-order valence-corrected chi connectivity index (χ3v) is 8.68. The third-order valence-electron chi connectivity index (χ3n) is 8.05. The second-order valence-corrected chi connectivity index (χ2v) is 11.0. The maximum Gasteiger partial charge on any atom is 0.335 e. The van der Waals surface area contributed by atoms with Crippen LogP contribution < -0.4 is 0 Å². The van der Waals surface area contributed by atoms with Crippen molar-refractivity contribution in [2.45, 2.75) is 62.8 Å². The Balaban J connectivity index is 1.23. The molecule has 4 atom stereocenters. The number of pyridine rings is 1. The van der Waals surface area contributed by atoms with Crippen molar-refractivity contribution in [3.8, 4) is 11.3 Å². The smallest absolute Gasteiger partial charge is 0.335 e. The number of nitrogens with zero attached hydrogens (tertiary/aromatic N) is 2. The van der Waals surface area contributed by atoms with Gasteiger partial charge < -0.3 is 19.5 Å². The van der Waals surface area contributed by atoms with Gasteiger partial charge in [0.2, 0.25) is 0 Å². The predicted molar refractivity (Wildman–Crippen MR) is 133 cm³/mol. The Morgan fingerprint density at radius 3 is 2.44 bits per heavy atom. The summed E-state index contributed by atoms with van der Waals surface area (Å²) < 4.78 is 12.2. The summed E-state index contributed by atoms with van der Waals surface area (Å²) in [4.78, 5) is 15.8. The quantitative estimate of drug-likeness (QED) is 0.375. The molecule has 0 radical (unpaired) electrons. The van der Waals surface area contributed by atoms with Crippen LogP contribution >= 0.6 is 23.2 Å². The highest BCUT2D eigenvalue weighted by Crippen LogP contribution is 2.55. The summed E-state index contributed by atoms with van der Waals surface area (Å²) in [7, 11) is 0. The molecule has 9 heteroatoms. The highest BCUT2D eigenvalue weighted by atomic mass is 35.5. The summed E-state index contributed by atoms with van der Waals surface area (Å²) in [6.07, 6.45) is 6.55. The second kappa shape index (κ2) is 9.14. The van der Waals surface area contributed by atoms with Crippen molar-refractivity contribution in [1.29, 1.82) is 0 Å². The number of carboxylic acids is 1. The second-order valence-electron chi connectivity index (χ2n) is 10.2. The summed E-state index contributed by atoms with van der Waals surface area (Å²) in [6.45, 7) is 0.321. The topological polar surface area (TPSA) is 106 Å². The number of fused-ring (bicyclic) bond motifs is 2. The van der Waals surface area contributed by atoms with Crippen LogP contribution in [0, 0.1) is 11.8 Å². The minimum absolute atomic E-state index is 0.0537. The Bertz CT molecular complexity index is 1290. The van der Waals surface area contributed by atoms with Crippen molar-refractivity contribution >= 4 is 29.2 Å². The van der Waals surface area contributed by atoms with Gasteiger partial charge in [-0.1, -0.05) is 34.4 Å². The van der Waals surface area contributed by atoms with Crippen LogP contribution in [-0.2, 0) is 16.9 Å². The number of rotatable bonds is 7. The monoisotopic (exact) mass is 528 g/mol. The number of aliphatic hydroxyl groups is 1. The number of hydrogen-bond donors (Lipinski definition) is 2. The number of carbonyl (C=O) groups is 1. The molecule has 188 valence electrons. The molecule has 3 fully saturated rings. The SMILES string of the molecule is O=C(O)c1ccnc([C@]2(O)[C@@H]3CC[C@H]2C[C@H](OCc2c(-c4c(Cl)cccc4Cl)noc2C2CC2)C3)c1. The predicted octanol–water partition coefficient (Wildman–Crippen LogP) is 6.21. The molecule has 2 bridgehead atoms. The first-order valence-corrected chi connectivity index (χ1v) is 13.1. The van der Waals surface area contributed by atoms with Crippen LogP contribution in [0.3, 0.4) is 0 Å². The number of aromatic nitrogens is 2. The number of hydrogen-bond acceptors (Lipinski definition) is 6. The lowest BCUT2D eigenvalue weighted by atomic mass is 9.71. The van der Waals surface area contributed by atoms with E-state index < -0.39 is 11.6 Å². The van der Waals surface area contributed by atoms with Crippen LogP contribution in [0.4, 0.5) is 0 Å². The molecule has 36 heavy (non-hydrogen) atoms. The van der Waals surface area contributed by atoms with Crippen molar-refractivity contribution in [1.82, 2.24) is 10.1 Å². The molecule has 2 N–H and O–H groups in total. The maximum absolute atomic E-state index is 11.7. The molecule has 0 aliphatic heterocycles. The molecule has 2 heterocycles. The minimum atomic E-state index is -1.14. The molecule has 0 amide bonds. The summed E-state index contributed by atoms with van der Waals surface area (Å²) in [5.74, 6) is 0.0415. The van der Waals surface area contributed by atoms with Gasteiger partial charge >= 0.3 is 5.97 Å². The van der Waals surface area contributed by atoms with Gasteiger partial charge in [-0.3, -0.25) is 4.98 Å². The lowest BCUT2D eigenvalue weighted by molar-refractivity contribution is -0.118. The molecular weight excluding hydrogens is 503 g/mol. The Kier molecular flexibility index (Phi) is 6.07. The number of halogens is 2. The lowest BCUT2D eigenvalue weighted by Crippen LogP contribution is -2.45. The van der Waals surface area contributed by atoms with Gasteiger partial charge in [-0.2, -0.15) is 0 Å². The highest BCUT2D eigenvalue weighted by Gasteiger charge is 2.55. The molecule has 7 nitrogen and oxygen atoms in total. The van der Waals surface area contributed by atoms with E-state index >= 15 is 0 Å². The maximum atomic E-state index is 11.7. The average Bonchev–Trinajstić information content (AvgIpc) is 3.60. The van der Waals surface area contributed by atoms with Crippen molar-refractivity contribution < 1.29 is 24.3 Å². The zero-order valence-corrected chi connectivity index (χ0v) is 21.0. The first-order valence-electron chi connectivity index (χ1n) is 12.3. The van der Waals surface area contributed by atoms with Gasteiger partial charge in [-0.05, 0) is 74.6 Å². The third kappa shape index (κ3) is 4.02. The van der Waals surface area contributed by atoms with E-state index in [-0.39, 0.29) is 23.5 Å². The number of ether oxygens (including phenoxy) is 1. The summed E-state index contributed by atoms with van der Waals surface area (Å²) >= 11 is 13.0. The van der Waals surface area contributed by atoms with Crippen LogP contribution in [0.1, 0.15) is 71.8 Å². The highest BCUT2D eigenvalue weighted by molar-refractivity contribution is 6.39. The van der Waals surface area contributed by atoms with Gasteiger partial charge in [0.05, 0.1) is 34.0 Å². The van der Waals surface area contributed by atoms with E-state index in [1.165, 1.54) is 18.3 Å². The van der Waals surface area contributed by atoms with E-state index in [2.05, 4.69) is 10.1 Å². The van der Waals surface area contributed by atoms with Crippen molar-refractivity contribution in [2.24, 2.45) is 11.8 Å². The minimum Gasteiger partial charge on any atom is -0.478 e. The molecule has 6 rings (SSSR count). The Morgan fingerprint density at radius 2 is 1.81 bits per heavy atom. The fourth-order valence-corrected chi connectivity index (χ4v) is 6.66. The molecular formula is C27H26Cl2N2O5. The van der Waals surface area contributed by atoms with Gasteiger partial charge in [0, 0.05) is 23.2 Å². The van der Waals surface area contributed by atoms with Gasteiger partial charge in [-0.15, -0.1) is 0 Å². The molecule has 0 unspecified atom stereocenters. The first kappa shape index (κ1) is 23.9. The van der Waals surface area contributed by atoms with Crippen molar-refractivity contribution in [2.75, 3.05) is 0 Å². The van der Waals surface area contributed by atoms with Gasteiger partial charge in [0.1, 0.15) is 17.1 Å². The van der Waals surface area contributed by atoms with Crippen molar-refractivity contribution in [3.05, 3.63) is 69.2 Å². The van der Waals surface area contributed by atoms with E-state index in [4.69, 9.17) is 32.5 Å². The summed E-state index contributed by atoms with van der Waals surface area (Å²) in [6, 6.07) is 8.32. The van der Waals surface area contributed by atoms with Crippen LogP contribution in [0.25, 0.3) is 11.3 Å². The molecule has 2 aromatic heterocycles. The molecule has 3 aliphatic rings. The van der Waals surface area contributed by atoms with E-state index in [1.54, 1.807) is 18.2 Å². The molecule has 3 saturated carbocycles. The normalized spacial score (nSPS) is 27.4. The van der Waals surface area contributed by atoms with Gasteiger partial charge in [-0.25, -0.2) is 4.79 Å². The molecule has 3 aromatic rings. The number of carboxylic acid groups (broad SMARTS) is 1. The Hall–Kier alpha value is -2.45. The van der Waals surface area contributed by atoms with E-state index in [1.807, 2.05) is 0 Å². The standard InChI is InChI=1S/C27H26Cl2N2O5/c28-20-2-1-3-21(29)23(20)24-19(25(36-31-24)14-4-5-14)13-35-18-11-16-6-7-17(12-18)27(16,34)22-10-15(26(32)33)8-9-30-22/h1-3,8-10,14,16-18,34H,4-7,11-13H2,(H,32,33)/t16-,17+,18-,27+. The van der Waals surface area contributed by atoms with Crippen LogP contribution in [0.5, 0.6) is 0 Å². The molecule has 1 aromatic carbocycles. The lowest BCUT2D eigenvalue weighted by Gasteiger charge is -2.42.